The monoisotopic (exact) mass is 307 g/mol. The van der Waals surface area contributed by atoms with Crippen molar-refractivity contribution in [3.63, 3.8) is 0 Å². The second-order valence-corrected chi connectivity index (χ2v) is 5.45. The minimum atomic E-state index is -0.306. The molecule has 1 fully saturated rings. The van der Waals surface area contributed by atoms with E-state index in [4.69, 9.17) is 4.74 Å². The van der Waals surface area contributed by atoms with Crippen molar-refractivity contribution in [3.05, 3.63) is 18.0 Å². The highest BCUT2D eigenvalue weighted by Gasteiger charge is 2.14. The van der Waals surface area contributed by atoms with E-state index in [0.717, 1.165) is 50.5 Å². The Balaban J connectivity index is 1.83. The van der Waals surface area contributed by atoms with Gasteiger partial charge in [0.05, 0.1) is 13.2 Å². The zero-order valence-electron chi connectivity index (χ0n) is 13.4. The summed E-state index contributed by atoms with van der Waals surface area (Å²) in [6.45, 7) is 6.74. The van der Waals surface area contributed by atoms with E-state index in [1.807, 2.05) is 0 Å². The number of amides is 1. The Morgan fingerprint density at radius 3 is 2.68 bits per heavy atom. The summed E-state index contributed by atoms with van der Waals surface area (Å²) in [5.74, 6) is 0.749. The molecule has 1 saturated heterocycles. The second-order valence-electron chi connectivity index (χ2n) is 5.45. The first kappa shape index (κ1) is 16.5. The van der Waals surface area contributed by atoms with Gasteiger partial charge < -0.3 is 19.9 Å². The van der Waals surface area contributed by atoms with Crippen LogP contribution in [0.4, 0.5) is 10.7 Å². The predicted molar refractivity (Wildman–Crippen MR) is 84.8 cm³/mol. The van der Waals surface area contributed by atoms with Crippen LogP contribution in [0.5, 0.6) is 0 Å². The van der Waals surface area contributed by atoms with Crippen molar-refractivity contribution in [1.29, 1.82) is 0 Å². The van der Waals surface area contributed by atoms with Gasteiger partial charge in [0.25, 0.3) is 0 Å². The third-order valence-electron chi connectivity index (χ3n) is 3.55. The number of carbonyl (C=O) groups excluding carboxylic acids is 1. The minimum Gasteiger partial charge on any atom is -0.449 e. The molecule has 0 atom stereocenters. The van der Waals surface area contributed by atoms with Gasteiger partial charge >= 0.3 is 6.09 Å². The van der Waals surface area contributed by atoms with Gasteiger partial charge in [-0.25, -0.2) is 14.8 Å². The van der Waals surface area contributed by atoms with E-state index >= 15 is 0 Å². The number of nitrogens with zero attached hydrogens (tertiary/aromatic N) is 4. The standard InChI is InChI=1S/C15H25N5O2/c1-3-4-9-22-15(21)19(2)12-13-10-17-14(18-11-13)20-7-5-16-6-8-20/h10-11,16H,3-9,12H2,1-2H3. The zero-order chi connectivity index (χ0) is 15.8. The van der Waals surface area contributed by atoms with Crippen LogP contribution in [0.2, 0.25) is 0 Å². The first-order chi connectivity index (χ1) is 10.7. The lowest BCUT2D eigenvalue weighted by molar-refractivity contribution is 0.107. The van der Waals surface area contributed by atoms with Gasteiger partial charge in [0.1, 0.15) is 0 Å². The Bertz CT molecular complexity index is 460. The highest BCUT2D eigenvalue weighted by molar-refractivity contribution is 5.67. The fourth-order valence-corrected chi connectivity index (χ4v) is 2.21. The van der Waals surface area contributed by atoms with Crippen LogP contribution in [0, 0.1) is 0 Å². The number of nitrogens with one attached hydrogen (secondary N) is 1. The first-order valence-electron chi connectivity index (χ1n) is 7.85. The number of piperazine rings is 1. The summed E-state index contributed by atoms with van der Waals surface area (Å²) in [5, 5.41) is 3.30. The van der Waals surface area contributed by atoms with Gasteiger partial charge in [0, 0.05) is 51.2 Å². The first-order valence-corrected chi connectivity index (χ1v) is 7.85. The summed E-state index contributed by atoms with van der Waals surface area (Å²) in [6.07, 6.45) is 5.15. The van der Waals surface area contributed by atoms with Crippen LogP contribution in [0.3, 0.4) is 0 Å². The van der Waals surface area contributed by atoms with E-state index in [2.05, 4.69) is 27.1 Å². The molecule has 1 aromatic rings. The molecule has 2 heterocycles. The molecule has 0 spiro atoms. The average Bonchev–Trinajstić information content (AvgIpc) is 2.56. The molecule has 1 aliphatic heterocycles. The molecule has 0 unspecified atom stereocenters. The van der Waals surface area contributed by atoms with Crippen molar-refractivity contribution >= 4 is 12.0 Å². The summed E-state index contributed by atoms with van der Waals surface area (Å²) in [7, 11) is 1.72. The van der Waals surface area contributed by atoms with Crippen molar-refractivity contribution < 1.29 is 9.53 Å². The minimum absolute atomic E-state index is 0.306. The molecule has 1 N–H and O–H groups in total. The number of carbonyl (C=O) groups is 1. The molecule has 122 valence electrons. The number of ether oxygens (including phenoxy) is 1. The summed E-state index contributed by atoms with van der Waals surface area (Å²) >= 11 is 0. The maximum Gasteiger partial charge on any atom is 0.409 e. The van der Waals surface area contributed by atoms with E-state index in [1.54, 1.807) is 24.3 Å². The molecule has 22 heavy (non-hydrogen) atoms. The van der Waals surface area contributed by atoms with Crippen molar-refractivity contribution in [2.45, 2.75) is 26.3 Å². The van der Waals surface area contributed by atoms with E-state index in [1.165, 1.54) is 0 Å². The number of hydrogen-bond acceptors (Lipinski definition) is 6. The van der Waals surface area contributed by atoms with Gasteiger partial charge in [-0.05, 0) is 6.42 Å². The van der Waals surface area contributed by atoms with Crippen LogP contribution in [-0.2, 0) is 11.3 Å². The maximum absolute atomic E-state index is 11.8. The van der Waals surface area contributed by atoms with Crippen LogP contribution in [0.25, 0.3) is 0 Å². The van der Waals surface area contributed by atoms with Crippen LogP contribution in [0.15, 0.2) is 12.4 Å². The lowest BCUT2D eigenvalue weighted by atomic mass is 10.3. The molecule has 0 aliphatic carbocycles. The number of unbranched alkanes of at least 4 members (excludes halogenated alkanes) is 1. The number of anilines is 1. The summed E-state index contributed by atoms with van der Waals surface area (Å²) in [5.41, 5.74) is 0.897. The molecule has 1 aromatic heterocycles. The summed E-state index contributed by atoms with van der Waals surface area (Å²) in [4.78, 5) is 24.3. The normalized spacial score (nSPS) is 14.7. The Labute approximate surface area is 131 Å². The highest BCUT2D eigenvalue weighted by atomic mass is 16.6. The average molecular weight is 307 g/mol. The predicted octanol–water partition coefficient (Wildman–Crippen LogP) is 1.25. The molecule has 0 radical (unpaired) electrons. The Morgan fingerprint density at radius 2 is 2.05 bits per heavy atom. The molecule has 7 nitrogen and oxygen atoms in total. The van der Waals surface area contributed by atoms with Crippen LogP contribution in [0.1, 0.15) is 25.3 Å². The zero-order valence-corrected chi connectivity index (χ0v) is 13.4. The van der Waals surface area contributed by atoms with Gasteiger partial charge in [0.15, 0.2) is 0 Å². The third kappa shape index (κ3) is 4.84. The quantitative estimate of drug-likeness (QED) is 0.798. The fraction of sp³-hybridized carbons (Fsp3) is 0.667. The lowest BCUT2D eigenvalue weighted by Crippen LogP contribution is -2.44. The lowest BCUT2D eigenvalue weighted by Gasteiger charge is -2.27. The van der Waals surface area contributed by atoms with Gasteiger partial charge in [-0.2, -0.15) is 0 Å². The third-order valence-corrected chi connectivity index (χ3v) is 3.55. The summed E-state index contributed by atoms with van der Waals surface area (Å²) in [6, 6.07) is 0. The van der Waals surface area contributed by atoms with Crippen molar-refractivity contribution in [2.75, 3.05) is 44.7 Å². The number of hydrogen-bond donors (Lipinski definition) is 1. The van der Waals surface area contributed by atoms with Gasteiger partial charge in [0.2, 0.25) is 5.95 Å². The molecule has 0 bridgehead atoms. The van der Waals surface area contributed by atoms with E-state index in [-0.39, 0.29) is 6.09 Å². The molecule has 1 amide bonds. The van der Waals surface area contributed by atoms with E-state index in [0.29, 0.717) is 13.2 Å². The van der Waals surface area contributed by atoms with Gasteiger partial charge in [-0.3, -0.25) is 0 Å². The van der Waals surface area contributed by atoms with Crippen LogP contribution in [-0.4, -0.2) is 60.8 Å². The second kappa shape index (κ2) is 8.53. The SMILES string of the molecule is CCCCOC(=O)N(C)Cc1cnc(N2CCNCC2)nc1. The van der Waals surface area contributed by atoms with Crippen molar-refractivity contribution in [3.8, 4) is 0 Å². The Hall–Kier alpha value is -1.89. The Morgan fingerprint density at radius 1 is 1.36 bits per heavy atom. The topological polar surface area (TPSA) is 70.6 Å². The smallest absolute Gasteiger partial charge is 0.409 e. The maximum atomic E-state index is 11.8. The summed E-state index contributed by atoms with van der Waals surface area (Å²) < 4.78 is 5.17. The van der Waals surface area contributed by atoms with Crippen LogP contribution < -0.4 is 10.2 Å². The van der Waals surface area contributed by atoms with Crippen molar-refractivity contribution in [1.82, 2.24) is 20.2 Å². The largest absolute Gasteiger partial charge is 0.449 e. The van der Waals surface area contributed by atoms with Gasteiger partial charge in [-0.15, -0.1) is 0 Å². The molecule has 7 heteroatoms. The molecular formula is C15H25N5O2. The Kier molecular flexibility index (Phi) is 6.39. The molecular weight excluding hydrogens is 282 g/mol. The van der Waals surface area contributed by atoms with E-state index < -0.39 is 0 Å². The van der Waals surface area contributed by atoms with Crippen LogP contribution >= 0.6 is 0 Å². The molecule has 2 rings (SSSR count). The number of rotatable bonds is 6. The molecule has 0 saturated carbocycles. The molecule has 1 aliphatic rings. The molecule has 0 aromatic carbocycles. The number of aromatic nitrogens is 2. The fourth-order valence-electron chi connectivity index (χ4n) is 2.21. The van der Waals surface area contributed by atoms with Gasteiger partial charge in [-0.1, -0.05) is 13.3 Å². The van der Waals surface area contributed by atoms with Crippen molar-refractivity contribution in [2.24, 2.45) is 0 Å². The van der Waals surface area contributed by atoms with E-state index in [9.17, 15) is 4.79 Å². The highest BCUT2D eigenvalue weighted by Crippen LogP contribution is 2.09.